The molecule has 3 rings (SSSR count). The molecule has 1 aliphatic heterocycles. The molecule has 0 N–H and O–H groups in total. The molecule has 21 heavy (non-hydrogen) atoms. The van der Waals surface area contributed by atoms with Crippen LogP contribution in [0.1, 0.15) is 51.5 Å². The molecule has 0 radical (unpaired) electrons. The number of carbonyl (C=O) groups is 1. The lowest BCUT2D eigenvalue weighted by molar-refractivity contribution is 0.0230. The van der Waals surface area contributed by atoms with Crippen molar-refractivity contribution < 1.29 is 9.53 Å². The predicted octanol–water partition coefficient (Wildman–Crippen LogP) is 4.19. The first-order chi connectivity index (χ1) is 9.87. The van der Waals surface area contributed by atoms with E-state index in [9.17, 15) is 4.79 Å². The van der Waals surface area contributed by atoms with Crippen LogP contribution in [0.25, 0.3) is 0 Å². The van der Waals surface area contributed by atoms with E-state index in [-0.39, 0.29) is 6.09 Å². The summed E-state index contributed by atoms with van der Waals surface area (Å²) in [6.45, 7) is 7.48. The molecule has 3 heteroatoms. The number of nitrogens with zero attached hydrogens (tertiary/aromatic N) is 1. The maximum absolute atomic E-state index is 12.1. The monoisotopic (exact) mass is 287 g/mol. The van der Waals surface area contributed by atoms with Crippen molar-refractivity contribution in [3.8, 4) is 0 Å². The number of ether oxygens (including phenoxy) is 1. The molecule has 1 spiro atoms. The van der Waals surface area contributed by atoms with Gasteiger partial charge in [-0.25, -0.2) is 4.79 Å². The van der Waals surface area contributed by atoms with Crippen LogP contribution in [0.15, 0.2) is 30.3 Å². The Morgan fingerprint density at radius 1 is 1.24 bits per heavy atom. The van der Waals surface area contributed by atoms with E-state index < -0.39 is 5.60 Å². The largest absolute Gasteiger partial charge is 0.444 e. The quantitative estimate of drug-likeness (QED) is 0.775. The molecule has 1 saturated heterocycles. The van der Waals surface area contributed by atoms with Crippen molar-refractivity contribution in [2.24, 2.45) is 5.41 Å². The van der Waals surface area contributed by atoms with Crippen molar-refractivity contribution in [3.63, 3.8) is 0 Å². The highest BCUT2D eigenvalue weighted by molar-refractivity contribution is 5.68. The van der Waals surface area contributed by atoms with E-state index in [1.165, 1.54) is 18.4 Å². The molecule has 1 aromatic carbocycles. The zero-order valence-corrected chi connectivity index (χ0v) is 13.3. The number of amides is 1. The summed E-state index contributed by atoms with van der Waals surface area (Å²) in [5.41, 5.74) is 1.38. The van der Waals surface area contributed by atoms with Gasteiger partial charge in [0.2, 0.25) is 0 Å². The summed E-state index contributed by atoms with van der Waals surface area (Å²) < 4.78 is 5.48. The summed E-state index contributed by atoms with van der Waals surface area (Å²) in [4.78, 5) is 14.0. The highest BCUT2D eigenvalue weighted by Crippen LogP contribution is 2.55. The first-order valence-corrected chi connectivity index (χ1v) is 7.90. The summed E-state index contributed by atoms with van der Waals surface area (Å²) in [7, 11) is 0. The average molecular weight is 287 g/mol. The van der Waals surface area contributed by atoms with Gasteiger partial charge in [-0.3, -0.25) is 0 Å². The van der Waals surface area contributed by atoms with Gasteiger partial charge in [-0.15, -0.1) is 0 Å². The highest BCUT2D eigenvalue weighted by Gasteiger charge is 2.50. The molecule has 2 fully saturated rings. The van der Waals surface area contributed by atoms with Crippen LogP contribution in [0.3, 0.4) is 0 Å². The van der Waals surface area contributed by atoms with Crippen LogP contribution in [0.4, 0.5) is 4.79 Å². The Balaban J connectivity index is 1.56. The molecule has 1 saturated carbocycles. The summed E-state index contributed by atoms with van der Waals surface area (Å²) in [5, 5.41) is 0. The van der Waals surface area contributed by atoms with Crippen molar-refractivity contribution in [3.05, 3.63) is 35.9 Å². The lowest BCUT2D eigenvalue weighted by atomic mass is 9.59. The smallest absolute Gasteiger partial charge is 0.410 e. The maximum atomic E-state index is 12.1. The predicted molar refractivity (Wildman–Crippen MR) is 83.3 cm³/mol. The first kappa shape index (κ1) is 14.4. The standard InChI is InChI=1S/C18H25NO2/c1-17(2,3)21-16(20)19-10-9-18(13-19)11-15(12-18)14-7-5-4-6-8-14/h4-8,15H,9-13H2,1-3H3. The number of benzene rings is 1. The fraction of sp³-hybridized carbons (Fsp3) is 0.611. The van der Waals surface area contributed by atoms with E-state index >= 15 is 0 Å². The van der Waals surface area contributed by atoms with Crippen molar-refractivity contribution in [1.29, 1.82) is 0 Å². The van der Waals surface area contributed by atoms with Gasteiger partial charge < -0.3 is 9.64 Å². The Kier molecular flexibility index (Phi) is 3.46. The second-order valence-electron chi connectivity index (χ2n) is 7.67. The number of carbonyl (C=O) groups excluding carboxylic acids is 1. The minimum Gasteiger partial charge on any atom is -0.444 e. The lowest BCUT2D eigenvalue weighted by Crippen LogP contribution is -2.41. The molecule has 0 aromatic heterocycles. The fourth-order valence-electron chi connectivity index (χ4n) is 3.70. The third-order valence-corrected chi connectivity index (χ3v) is 4.72. The van der Waals surface area contributed by atoms with Crippen LogP contribution >= 0.6 is 0 Å². The van der Waals surface area contributed by atoms with Gasteiger partial charge in [0.15, 0.2) is 0 Å². The summed E-state index contributed by atoms with van der Waals surface area (Å²) >= 11 is 0. The van der Waals surface area contributed by atoms with Crippen molar-refractivity contribution in [2.75, 3.05) is 13.1 Å². The van der Waals surface area contributed by atoms with Gasteiger partial charge >= 0.3 is 6.09 Å². The third-order valence-electron chi connectivity index (χ3n) is 4.72. The molecule has 1 amide bonds. The zero-order chi connectivity index (χ0) is 15.1. The van der Waals surface area contributed by atoms with E-state index in [0.29, 0.717) is 11.3 Å². The molecule has 1 aliphatic carbocycles. The van der Waals surface area contributed by atoms with Gasteiger partial charge in [0, 0.05) is 13.1 Å². The number of hydrogen-bond acceptors (Lipinski definition) is 2. The molecule has 0 atom stereocenters. The van der Waals surface area contributed by atoms with Crippen LogP contribution in [-0.2, 0) is 4.74 Å². The van der Waals surface area contributed by atoms with Crippen molar-refractivity contribution in [2.45, 2.75) is 51.6 Å². The van der Waals surface area contributed by atoms with Crippen LogP contribution in [-0.4, -0.2) is 29.7 Å². The summed E-state index contributed by atoms with van der Waals surface area (Å²) in [6.07, 6.45) is 3.38. The van der Waals surface area contributed by atoms with Crippen molar-refractivity contribution >= 4 is 6.09 Å². The van der Waals surface area contributed by atoms with E-state index in [2.05, 4.69) is 30.3 Å². The van der Waals surface area contributed by atoms with Gasteiger partial charge in [0.25, 0.3) is 0 Å². The van der Waals surface area contributed by atoms with Gasteiger partial charge in [0.1, 0.15) is 5.60 Å². The third kappa shape index (κ3) is 3.07. The fourth-order valence-corrected chi connectivity index (χ4v) is 3.70. The molecule has 114 valence electrons. The minimum absolute atomic E-state index is 0.150. The van der Waals surface area contributed by atoms with Gasteiger partial charge in [-0.2, -0.15) is 0 Å². The van der Waals surface area contributed by atoms with Crippen LogP contribution in [0.5, 0.6) is 0 Å². The number of hydrogen-bond donors (Lipinski definition) is 0. The molecular formula is C18H25NO2. The molecule has 0 unspecified atom stereocenters. The summed E-state index contributed by atoms with van der Waals surface area (Å²) in [6, 6.07) is 10.7. The Bertz CT molecular complexity index is 512. The Morgan fingerprint density at radius 2 is 1.90 bits per heavy atom. The van der Waals surface area contributed by atoms with E-state index in [1.54, 1.807) is 0 Å². The average Bonchev–Trinajstić information content (AvgIpc) is 2.81. The van der Waals surface area contributed by atoms with Crippen molar-refractivity contribution in [1.82, 2.24) is 4.90 Å². The normalized spacial score (nSPS) is 28.5. The van der Waals surface area contributed by atoms with Crippen LogP contribution < -0.4 is 0 Å². The molecule has 3 nitrogen and oxygen atoms in total. The Labute approximate surface area is 127 Å². The first-order valence-electron chi connectivity index (χ1n) is 7.90. The second kappa shape index (κ2) is 5.04. The molecular weight excluding hydrogens is 262 g/mol. The Hall–Kier alpha value is -1.51. The second-order valence-corrected chi connectivity index (χ2v) is 7.67. The van der Waals surface area contributed by atoms with E-state index in [1.807, 2.05) is 25.7 Å². The zero-order valence-electron chi connectivity index (χ0n) is 13.3. The van der Waals surface area contributed by atoms with Gasteiger partial charge in [0.05, 0.1) is 0 Å². The van der Waals surface area contributed by atoms with Gasteiger partial charge in [-0.05, 0) is 56.9 Å². The number of rotatable bonds is 1. The molecule has 1 heterocycles. The number of likely N-dealkylation sites (tertiary alicyclic amines) is 1. The SMILES string of the molecule is CC(C)(C)OC(=O)N1CCC2(CC(c3ccccc3)C2)C1. The highest BCUT2D eigenvalue weighted by atomic mass is 16.6. The van der Waals surface area contributed by atoms with Crippen LogP contribution in [0.2, 0.25) is 0 Å². The van der Waals surface area contributed by atoms with Crippen LogP contribution in [0, 0.1) is 5.41 Å². The van der Waals surface area contributed by atoms with E-state index in [4.69, 9.17) is 4.74 Å². The lowest BCUT2D eigenvalue weighted by Gasteiger charge is -2.45. The summed E-state index contributed by atoms with van der Waals surface area (Å²) in [5.74, 6) is 0.671. The molecule has 1 aromatic rings. The van der Waals surface area contributed by atoms with Gasteiger partial charge in [-0.1, -0.05) is 30.3 Å². The topological polar surface area (TPSA) is 29.5 Å². The van der Waals surface area contributed by atoms with E-state index in [0.717, 1.165) is 19.5 Å². The maximum Gasteiger partial charge on any atom is 0.410 e. The Morgan fingerprint density at radius 3 is 2.52 bits per heavy atom. The molecule has 2 aliphatic rings. The molecule has 0 bridgehead atoms. The minimum atomic E-state index is -0.404.